The predicted molar refractivity (Wildman–Crippen MR) is 55.8 cm³/mol. The molecular weight excluding hydrogens is 164 g/mol. The van der Waals surface area contributed by atoms with Gasteiger partial charge in [0.25, 0.3) is 0 Å². The van der Waals surface area contributed by atoms with Crippen LogP contribution in [0.4, 0.5) is 0 Å². The molecule has 4 heteroatoms. The fourth-order valence-electron chi connectivity index (χ4n) is 1.64. The van der Waals surface area contributed by atoms with E-state index >= 15 is 0 Å². The summed E-state index contributed by atoms with van der Waals surface area (Å²) < 4.78 is 0. The van der Waals surface area contributed by atoms with E-state index in [-0.39, 0.29) is 0 Å². The largest absolute Gasteiger partial charge is 0.329 e. The molecule has 0 spiro atoms. The van der Waals surface area contributed by atoms with Crippen molar-refractivity contribution >= 4 is 0 Å². The smallest absolute Gasteiger partial charge is 0.00769 e. The fourth-order valence-corrected chi connectivity index (χ4v) is 1.64. The van der Waals surface area contributed by atoms with Crippen molar-refractivity contribution in [1.29, 1.82) is 0 Å². The first kappa shape index (κ1) is 10.9. The van der Waals surface area contributed by atoms with Gasteiger partial charge < -0.3 is 21.7 Å². The molecule has 1 fully saturated rings. The molecule has 5 N–H and O–H groups in total. The molecule has 0 radical (unpaired) electrons. The standard InChI is InChI=1S/C9H22N4/c1-9(6-11-3-2-10)7-12-4-5-13-8-9/h11-13H,2-8,10H2,1H3. The Labute approximate surface area is 80.6 Å². The summed E-state index contributed by atoms with van der Waals surface area (Å²) in [4.78, 5) is 0. The van der Waals surface area contributed by atoms with Gasteiger partial charge in [-0.1, -0.05) is 6.92 Å². The topological polar surface area (TPSA) is 62.1 Å². The summed E-state index contributed by atoms with van der Waals surface area (Å²) in [5.41, 5.74) is 5.75. The fraction of sp³-hybridized carbons (Fsp3) is 1.00. The van der Waals surface area contributed by atoms with Crippen molar-refractivity contribution in [1.82, 2.24) is 16.0 Å². The van der Waals surface area contributed by atoms with Gasteiger partial charge in [-0.2, -0.15) is 0 Å². The Morgan fingerprint density at radius 3 is 2.46 bits per heavy atom. The third-order valence-electron chi connectivity index (χ3n) is 2.45. The van der Waals surface area contributed by atoms with Crippen LogP contribution in [0, 0.1) is 5.41 Å². The van der Waals surface area contributed by atoms with Gasteiger partial charge in [-0.25, -0.2) is 0 Å². The van der Waals surface area contributed by atoms with Crippen LogP contribution in [-0.2, 0) is 0 Å². The summed E-state index contributed by atoms with van der Waals surface area (Å²) >= 11 is 0. The third-order valence-corrected chi connectivity index (χ3v) is 2.45. The molecule has 0 bridgehead atoms. The van der Waals surface area contributed by atoms with Crippen molar-refractivity contribution in [2.24, 2.45) is 11.1 Å². The Bertz CT molecular complexity index is 130. The molecule has 1 aliphatic heterocycles. The van der Waals surface area contributed by atoms with Crippen LogP contribution in [0.2, 0.25) is 0 Å². The summed E-state index contributed by atoms with van der Waals surface area (Å²) in [6, 6.07) is 0. The zero-order valence-corrected chi connectivity index (χ0v) is 8.53. The SMILES string of the molecule is CC1(CNCCN)CNCCNC1. The Morgan fingerprint density at radius 2 is 1.92 bits per heavy atom. The van der Waals surface area contributed by atoms with E-state index in [0.717, 1.165) is 45.8 Å². The van der Waals surface area contributed by atoms with Crippen molar-refractivity contribution in [2.45, 2.75) is 6.92 Å². The Morgan fingerprint density at radius 1 is 1.31 bits per heavy atom. The van der Waals surface area contributed by atoms with Crippen LogP contribution in [-0.4, -0.2) is 45.8 Å². The van der Waals surface area contributed by atoms with Gasteiger partial charge in [0, 0.05) is 51.2 Å². The highest BCUT2D eigenvalue weighted by atomic mass is 15.0. The summed E-state index contributed by atoms with van der Waals surface area (Å²) in [7, 11) is 0. The van der Waals surface area contributed by atoms with E-state index in [0.29, 0.717) is 5.41 Å². The molecule has 0 aromatic carbocycles. The van der Waals surface area contributed by atoms with Crippen LogP contribution in [0.5, 0.6) is 0 Å². The molecule has 0 unspecified atom stereocenters. The lowest BCUT2D eigenvalue weighted by Crippen LogP contribution is -2.44. The number of nitrogens with two attached hydrogens (primary N) is 1. The minimum Gasteiger partial charge on any atom is -0.329 e. The normalized spacial score (nSPS) is 22.6. The van der Waals surface area contributed by atoms with Crippen molar-refractivity contribution < 1.29 is 0 Å². The highest BCUT2D eigenvalue weighted by molar-refractivity contribution is 4.84. The zero-order chi connectivity index (χ0) is 9.57. The number of hydrogen-bond donors (Lipinski definition) is 4. The lowest BCUT2D eigenvalue weighted by Gasteiger charge is -2.28. The van der Waals surface area contributed by atoms with E-state index in [1.807, 2.05) is 0 Å². The second-order valence-corrected chi connectivity index (χ2v) is 4.13. The van der Waals surface area contributed by atoms with E-state index in [4.69, 9.17) is 5.73 Å². The molecule has 1 rings (SSSR count). The molecule has 1 aliphatic rings. The minimum atomic E-state index is 0.325. The Kier molecular flexibility index (Phi) is 4.66. The molecule has 0 aromatic heterocycles. The maximum absolute atomic E-state index is 5.42. The van der Waals surface area contributed by atoms with E-state index in [1.165, 1.54) is 0 Å². The number of hydrogen-bond acceptors (Lipinski definition) is 4. The maximum atomic E-state index is 5.42. The monoisotopic (exact) mass is 186 g/mol. The van der Waals surface area contributed by atoms with Gasteiger partial charge in [0.1, 0.15) is 0 Å². The Balaban J connectivity index is 2.25. The van der Waals surface area contributed by atoms with Crippen molar-refractivity contribution in [3.8, 4) is 0 Å². The second kappa shape index (κ2) is 5.54. The van der Waals surface area contributed by atoms with Gasteiger partial charge in [0.2, 0.25) is 0 Å². The molecule has 0 amide bonds. The van der Waals surface area contributed by atoms with Gasteiger partial charge >= 0.3 is 0 Å². The molecule has 13 heavy (non-hydrogen) atoms. The van der Waals surface area contributed by atoms with Gasteiger partial charge in [0.15, 0.2) is 0 Å². The molecule has 1 heterocycles. The molecule has 4 nitrogen and oxygen atoms in total. The van der Waals surface area contributed by atoms with E-state index in [1.54, 1.807) is 0 Å². The minimum absolute atomic E-state index is 0.325. The predicted octanol–water partition coefficient (Wildman–Crippen LogP) is -1.27. The van der Waals surface area contributed by atoms with Crippen molar-refractivity contribution in [3.63, 3.8) is 0 Å². The quantitative estimate of drug-likeness (QED) is 0.414. The molecule has 0 aromatic rings. The molecule has 0 saturated carbocycles. The molecular formula is C9H22N4. The summed E-state index contributed by atoms with van der Waals surface area (Å²) in [6.07, 6.45) is 0. The first-order valence-corrected chi connectivity index (χ1v) is 5.09. The van der Waals surface area contributed by atoms with Crippen LogP contribution in [0.1, 0.15) is 6.92 Å². The van der Waals surface area contributed by atoms with E-state index in [9.17, 15) is 0 Å². The number of rotatable bonds is 4. The summed E-state index contributed by atoms with van der Waals surface area (Å²) in [6.45, 7) is 9.27. The van der Waals surface area contributed by atoms with Crippen molar-refractivity contribution in [3.05, 3.63) is 0 Å². The molecule has 78 valence electrons. The van der Waals surface area contributed by atoms with E-state index < -0.39 is 0 Å². The average molecular weight is 186 g/mol. The van der Waals surface area contributed by atoms with Crippen LogP contribution in [0.3, 0.4) is 0 Å². The molecule has 0 aliphatic carbocycles. The highest BCUT2D eigenvalue weighted by Crippen LogP contribution is 2.13. The third kappa shape index (κ3) is 4.04. The van der Waals surface area contributed by atoms with Gasteiger partial charge in [0.05, 0.1) is 0 Å². The first-order chi connectivity index (χ1) is 6.27. The molecule has 0 atom stereocenters. The first-order valence-electron chi connectivity index (χ1n) is 5.09. The lowest BCUT2D eigenvalue weighted by molar-refractivity contribution is 0.301. The van der Waals surface area contributed by atoms with Crippen molar-refractivity contribution in [2.75, 3.05) is 45.8 Å². The van der Waals surface area contributed by atoms with Crippen LogP contribution < -0.4 is 21.7 Å². The summed E-state index contributed by atoms with van der Waals surface area (Å²) in [5, 5.41) is 10.2. The zero-order valence-electron chi connectivity index (χ0n) is 8.53. The van der Waals surface area contributed by atoms with Crippen LogP contribution in [0.25, 0.3) is 0 Å². The Hall–Kier alpha value is -0.160. The second-order valence-electron chi connectivity index (χ2n) is 4.13. The summed E-state index contributed by atoms with van der Waals surface area (Å²) in [5.74, 6) is 0. The van der Waals surface area contributed by atoms with E-state index in [2.05, 4.69) is 22.9 Å². The van der Waals surface area contributed by atoms with Gasteiger partial charge in [-0.15, -0.1) is 0 Å². The lowest BCUT2D eigenvalue weighted by atomic mass is 9.90. The van der Waals surface area contributed by atoms with Crippen LogP contribution in [0.15, 0.2) is 0 Å². The van der Waals surface area contributed by atoms with Gasteiger partial charge in [-0.3, -0.25) is 0 Å². The maximum Gasteiger partial charge on any atom is 0.00769 e. The van der Waals surface area contributed by atoms with Gasteiger partial charge in [-0.05, 0) is 0 Å². The highest BCUT2D eigenvalue weighted by Gasteiger charge is 2.24. The number of nitrogens with one attached hydrogen (secondary N) is 3. The van der Waals surface area contributed by atoms with Crippen LogP contribution >= 0.6 is 0 Å². The molecule has 1 saturated heterocycles. The average Bonchev–Trinajstić information content (AvgIpc) is 2.31.